The molecule has 0 saturated carbocycles. The molecule has 0 spiro atoms. The minimum Gasteiger partial charge on any atom is -0.264 e. The summed E-state index contributed by atoms with van der Waals surface area (Å²) in [4.78, 5) is 9.62. The fourth-order valence-electron chi connectivity index (χ4n) is 13.3. The number of rotatable bonds is 9. The fraction of sp³-hybridized carbons (Fsp3) is 0. The van der Waals surface area contributed by atoms with Crippen molar-refractivity contribution in [2.75, 3.05) is 0 Å². The molecule has 2 heterocycles. The zero-order valence-electron chi connectivity index (χ0n) is 43.6. The Hall–Kier alpha value is -10.5. The number of hydrogen-bond donors (Lipinski definition) is 0. The molecule has 2 aliphatic carbocycles. The average molecular weight is 1010 g/mol. The van der Waals surface area contributed by atoms with E-state index in [2.05, 4.69) is 272 Å². The molecule has 0 atom stereocenters. The van der Waals surface area contributed by atoms with Gasteiger partial charge in [-0.05, 0) is 192 Å². The van der Waals surface area contributed by atoms with E-state index >= 15 is 0 Å². The first-order valence-corrected chi connectivity index (χ1v) is 27.5. The molecule has 2 nitrogen and oxygen atoms in total. The summed E-state index contributed by atoms with van der Waals surface area (Å²) in [6.45, 7) is 0. The Bertz CT molecular complexity index is 4770. The molecule has 2 aromatic heterocycles. The van der Waals surface area contributed by atoms with Crippen LogP contribution < -0.4 is 0 Å². The van der Waals surface area contributed by atoms with Gasteiger partial charge < -0.3 is 0 Å². The Labute approximate surface area is 465 Å². The number of pyridine rings is 2. The van der Waals surface area contributed by atoms with Crippen LogP contribution in [0, 0.1) is 0 Å². The maximum Gasteiger partial charge on any atom is 0.0708 e. The SMILES string of the molecule is c1ccc(-c2cc(-c3cccc(-c4cc(-c5ccc6c7c(cccc57)-c5c(-c7ccccc7)cc(-c7cccc(-c8cccnc8)c7)c(-c7ccccc7)c5-6)ccn4)c3)c(-c3ccccc3)c3c2-c2cccc4cccc-3c24)cc1. The van der Waals surface area contributed by atoms with E-state index in [1.54, 1.807) is 0 Å². The van der Waals surface area contributed by atoms with Gasteiger partial charge in [0.2, 0.25) is 0 Å². The van der Waals surface area contributed by atoms with Gasteiger partial charge >= 0.3 is 0 Å². The van der Waals surface area contributed by atoms with E-state index in [9.17, 15) is 0 Å². The van der Waals surface area contributed by atoms with Crippen molar-refractivity contribution in [3.05, 3.63) is 292 Å². The molecule has 16 rings (SSSR count). The molecule has 370 valence electrons. The lowest BCUT2D eigenvalue weighted by Gasteiger charge is -2.21. The minimum absolute atomic E-state index is 0.926. The summed E-state index contributed by atoms with van der Waals surface area (Å²) in [7, 11) is 0. The van der Waals surface area contributed by atoms with Crippen LogP contribution >= 0.6 is 0 Å². The molecule has 0 amide bonds. The molecular weight excluding hydrogens is 965 g/mol. The van der Waals surface area contributed by atoms with Gasteiger partial charge in [0.15, 0.2) is 0 Å². The third-order valence-electron chi connectivity index (χ3n) is 16.7. The molecule has 2 heteroatoms. The molecule has 0 N–H and O–H groups in total. The van der Waals surface area contributed by atoms with Gasteiger partial charge in [0, 0.05) is 29.7 Å². The second kappa shape index (κ2) is 18.6. The summed E-state index contributed by atoms with van der Waals surface area (Å²) in [6.07, 6.45) is 5.77. The van der Waals surface area contributed by atoms with Crippen LogP contribution in [0.3, 0.4) is 0 Å². The lowest BCUT2D eigenvalue weighted by atomic mass is 9.82. The van der Waals surface area contributed by atoms with Crippen LogP contribution in [0.4, 0.5) is 0 Å². The van der Waals surface area contributed by atoms with Gasteiger partial charge in [-0.15, -0.1) is 0 Å². The number of hydrogen-bond acceptors (Lipinski definition) is 2. The van der Waals surface area contributed by atoms with E-state index in [1.807, 2.05) is 24.7 Å². The third-order valence-corrected chi connectivity index (χ3v) is 16.7. The van der Waals surface area contributed by atoms with Crippen LogP contribution in [-0.2, 0) is 0 Å². The van der Waals surface area contributed by atoms with E-state index in [-0.39, 0.29) is 0 Å². The van der Waals surface area contributed by atoms with E-state index in [0.29, 0.717) is 0 Å². The van der Waals surface area contributed by atoms with Crippen LogP contribution in [0.1, 0.15) is 0 Å². The molecule has 0 unspecified atom stereocenters. The lowest BCUT2D eigenvalue weighted by Crippen LogP contribution is -1.95. The number of aromatic nitrogens is 2. The van der Waals surface area contributed by atoms with Gasteiger partial charge in [-0.2, -0.15) is 0 Å². The average Bonchev–Trinajstić information content (AvgIpc) is 3.92. The summed E-state index contributed by atoms with van der Waals surface area (Å²) in [6, 6.07) is 100. The zero-order valence-corrected chi connectivity index (χ0v) is 43.6. The summed E-state index contributed by atoms with van der Waals surface area (Å²) >= 11 is 0. The zero-order chi connectivity index (χ0) is 52.7. The molecular formula is C78H48N2. The van der Waals surface area contributed by atoms with Crippen LogP contribution in [0.25, 0.3) is 166 Å². The summed E-state index contributed by atoms with van der Waals surface area (Å²) in [5, 5.41) is 5.07. The Morgan fingerprint density at radius 3 is 1.24 bits per heavy atom. The first-order valence-electron chi connectivity index (χ1n) is 27.5. The van der Waals surface area contributed by atoms with Crippen molar-refractivity contribution in [3.63, 3.8) is 0 Å². The van der Waals surface area contributed by atoms with Crippen molar-refractivity contribution in [1.82, 2.24) is 9.97 Å². The molecule has 0 aliphatic heterocycles. The highest BCUT2D eigenvalue weighted by molar-refractivity contribution is 6.26. The quantitative estimate of drug-likeness (QED) is 0.144. The number of benzene rings is 12. The summed E-state index contributed by atoms with van der Waals surface area (Å²) < 4.78 is 0. The van der Waals surface area contributed by atoms with Crippen molar-refractivity contribution in [1.29, 1.82) is 0 Å². The maximum absolute atomic E-state index is 5.14. The highest BCUT2D eigenvalue weighted by Gasteiger charge is 2.33. The Balaban J connectivity index is 0.869. The number of nitrogens with zero attached hydrogens (tertiary/aromatic N) is 2. The Morgan fingerprint density at radius 1 is 0.212 bits per heavy atom. The van der Waals surface area contributed by atoms with Crippen molar-refractivity contribution < 1.29 is 0 Å². The summed E-state index contributed by atoms with van der Waals surface area (Å²) in [5.74, 6) is 0. The summed E-state index contributed by atoms with van der Waals surface area (Å²) in [5.41, 5.74) is 31.1. The highest BCUT2D eigenvalue weighted by atomic mass is 14.7. The van der Waals surface area contributed by atoms with Crippen LogP contribution in [0.15, 0.2) is 292 Å². The molecule has 0 bridgehead atoms. The Kier molecular flexibility index (Phi) is 10.6. The van der Waals surface area contributed by atoms with Crippen molar-refractivity contribution in [2.24, 2.45) is 0 Å². The molecule has 14 aromatic rings. The highest BCUT2D eigenvalue weighted by Crippen LogP contribution is 2.60. The molecule has 0 radical (unpaired) electrons. The van der Waals surface area contributed by atoms with Crippen LogP contribution in [-0.4, -0.2) is 9.97 Å². The largest absolute Gasteiger partial charge is 0.264 e. The van der Waals surface area contributed by atoms with Crippen molar-refractivity contribution in [3.8, 4) is 145 Å². The predicted molar refractivity (Wildman–Crippen MR) is 335 cm³/mol. The molecule has 0 saturated heterocycles. The van der Waals surface area contributed by atoms with Gasteiger partial charge in [-0.1, -0.05) is 231 Å². The van der Waals surface area contributed by atoms with E-state index in [1.165, 1.54) is 127 Å². The first kappa shape index (κ1) is 45.6. The smallest absolute Gasteiger partial charge is 0.0708 e. The minimum atomic E-state index is 0.926. The normalized spacial score (nSPS) is 11.8. The second-order valence-electron chi connectivity index (χ2n) is 21.1. The second-order valence-corrected chi connectivity index (χ2v) is 21.1. The number of fused-ring (bicyclic) bond motifs is 6. The van der Waals surface area contributed by atoms with Gasteiger partial charge in [0.05, 0.1) is 5.69 Å². The van der Waals surface area contributed by atoms with E-state index in [0.717, 1.165) is 39.1 Å². The standard InChI is InChI=1S/C78H48N2/c1-5-19-49(20-6-1)66-46-69(72(52-23-9-3-10-24-52)77-63-36-16-28-51-27-15-35-62(71(51)63)75(66)77)56-31-14-32-58(44-56)70-45-57(40-42-80-70)60-38-39-65-74-61(60)34-17-37-64(74)76-67(50-21-7-2-8-22-50)47-68(73(78(65)76)53-25-11-4-12-26-53)55-30-13-29-54(43-55)59-33-18-41-79-48-59/h1-48H. The monoisotopic (exact) mass is 1010 g/mol. The van der Waals surface area contributed by atoms with E-state index < -0.39 is 0 Å². The van der Waals surface area contributed by atoms with Gasteiger partial charge in [0.1, 0.15) is 0 Å². The Morgan fingerprint density at radius 2 is 0.650 bits per heavy atom. The topological polar surface area (TPSA) is 25.8 Å². The molecule has 80 heavy (non-hydrogen) atoms. The van der Waals surface area contributed by atoms with Crippen molar-refractivity contribution in [2.45, 2.75) is 0 Å². The van der Waals surface area contributed by atoms with Crippen LogP contribution in [0.5, 0.6) is 0 Å². The van der Waals surface area contributed by atoms with E-state index in [4.69, 9.17) is 4.98 Å². The maximum atomic E-state index is 5.14. The molecule has 12 aromatic carbocycles. The van der Waals surface area contributed by atoms with Gasteiger partial charge in [-0.3, -0.25) is 9.97 Å². The third kappa shape index (κ3) is 7.27. The lowest BCUT2D eigenvalue weighted by molar-refractivity contribution is 1.33. The molecule has 0 fully saturated rings. The first-order chi connectivity index (χ1) is 39.7. The fourth-order valence-corrected chi connectivity index (χ4v) is 13.3. The van der Waals surface area contributed by atoms with Gasteiger partial charge in [0.25, 0.3) is 0 Å². The van der Waals surface area contributed by atoms with Crippen LogP contribution in [0.2, 0.25) is 0 Å². The predicted octanol–water partition coefficient (Wildman–Crippen LogP) is 21.1. The van der Waals surface area contributed by atoms with Crippen molar-refractivity contribution >= 4 is 21.5 Å². The van der Waals surface area contributed by atoms with Gasteiger partial charge in [-0.25, -0.2) is 0 Å². The molecule has 2 aliphatic rings.